The summed E-state index contributed by atoms with van der Waals surface area (Å²) in [7, 11) is 0. The van der Waals surface area contributed by atoms with E-state index in [0.717, 1.165) is 26.2 Å². The van der Waals surface area contributed by atoms with E-state index >= 15 is 0 Å². The molecule has 4 heteroatoms. The predicted octanol–water partition coefficient (Wildman–Crippen LogP) is 0.736. The van der Waals surface area contributed by atoms with Crippen molar-refractivity contribution in [1.29, 1.82) is 0 Å². The Morgan fingerprint density at radius 2 is 1.60 bits per heavy atom. The summed E-state index contributed by atoms with van der Waals surface area (Å²) in [5.74, 6) is 0.702. The Bertz CT molecular complexity index is 215. The number of nitrogens with two attached hydrogens (primary N) is 1. The van der Waals surface area contributed by atoms with Crippen molar-refractivity contribution in [3.63, 3.8) is 0 Å². The number of guanidine groups is 1. The fraction of sp³-hybridized carbons (Fsp3) is 0.909. The third-order valence-electron chi connectivity index (χ3n) is 2.76. The summed E-state index contributed by atoms with van der Waals surface area (Å²) >= 11 is 0. The highest BCUT2D eigenvalue weighted by atomic mass is 15.3. The van der Waals surface area contributed by atoms with E-state index < -0.39 is 0 Å². The molecule has 0 amide bonds. The topological polar surface area (TPSA) is 44.9 Å². The zero-order valence-corrected chi connectivity index (χ0v) is 10.4. The zero-order chi connectivity index (χ0) is 11.4. The van der Waals surface area contributed by atoms with Gasteiger partial charge >= 0.3 is 0 Å². The second-order valence-corrected chi connectivity index (χ2v) is 4.70. The highest BCUT2D eigenvalue weighted by Crippen LogP contribution is 2.05. The largest absolute Gasteiger partial charge is 0.370 e. The minimum atomic E-state index is 0.285. The van der Waals surface area contributed by atoms with Gasteiger partial charge in [-0.15, -0.1) is 0 Å². The molecule has 1 aliphatic heterocycles. The van der Waals surface area contributed by atoms with Crippen LogP contribution in [0.15, 0.2) is 4.99 Å². The molecule has 0 atom stereocenters. The van der Waals surface area contributed by atoms with Crippen LogP contribution in [0.4, 0.5) is 0 Å². The summed E-state index contributed by atoms with van der Waals surface area (Å²) in [5.41, 5.74) is 5.93. The molecule has 1 rings (SSSR count). The van der Waals surface area contributed by atoms with Crippen LogP contribution in [-0.2, 0) is 0 Å². The first kappa shape index (κ1) is 12.3. The van der Waals surface area contributed by atoms with Crippen molar-refractivity contribution in [2.45, 2.75) is 39.8 Å². The summed E-state index contributed by atoms with van der Waals surface area (Å²) < 4.78 is 0. The quantitative estimate of drug-likeness (QED) is 0.542. The van der Waals surface area contributed by atoms with Gasteiger partial charge in [-0.2, -0.15) is 0 Å². The predicted molar refractivity (Wildman–Crippen MR) is 65.0 cm³/mol. The molecule has 0 aromatic carbocycles. The maximum Gasteiger partial charge on any atom is 0.191 e. The van der Waals surface area contributed by atoms with Gasteiger partial charge < -0.3 is 10.6 Å². The Morgan fingerprint density at radius 1 is 1.07 bits per heavy atom. The molecule has 0 radical (unpaired) electrons. The molecule has 0 unspecified atom stereocenters. The SMILES string of the molecule is CC(C)N=C(N)N1CCN(C(C)C)CC1. The monoisotopic (exact) mass is 212 g/mol. The molecule has 88 valence electrons. The normalized spacial score (nSPS) is 20.4. The standard InChI is InChI=1S/C11H24N4/c1-9(2)13-11(12)15-7-5-14(6-8-15)10(3)4/h9-10H,5-8H2,1-4H3,(H2,12,13). The van der Waals surface area contributed by atoms with Gasteiger partial charge in [-0.05, 0) is 27.7 Å². The molecule has 0 bridgehead atoms. The molecule has 4 nitrogen and oxygen atoms in total. The van der Waals surface area contributed by atoms with Crippen LogP contribution in [0.25, 0.3) is 0 Å². The van der Waals surface area contributed by atoms with E-state index in [-0.39, 0.29) is 6.04 Å². The van der Waals surface area contributed by atoms with E-state index in [1.165, 1.54) is 0 Å². The Labute approximate surface area is 93.1 Å². The lowest BCUT2D eigenvalue weighted by atomic mass is 10.2. The maximum absolute atomic E-state index is 5.93. The minimum absolute atomic E-state index is 0.285. The number of rotatable bonds is 2. The van der Waals surface area contributed by atoms with E-state index in [9.17, 15) is 0 Å². The number of piperazine rings is 1. The summed E-state index contributed by atoms with van der Waals surface area (Å²) in [6, 6.07) is 0.920. The fourth-order valence-corrected chi connectivity index (χ4v) is 1.81. The lowest BCUT2D eigenvalue weighted by Crippen LogP contribution is -2.52. The first-order chi connectivity index (χ1) is 7.00. The number of nitrogens with zero attached hydrogens (tertiary/aromatic N) is 3. The lowest BCUT2D eigenvalue weighted by Gasteiger charge is -2.37. The number of hydrogen-bond donors (Lipinski definition) is 1. The summed E-state index contributed by atoms with van der Waals surface area (Å²) in [5, 5.41) is 0. The van der Waals surface area contributed by atoms with Crippen LogP contribution in [-0.4, -0.2) is 54.0 Å². The van der Waals surface area contributed by atoms with Gasteiger partial charge in [-0.1, -0.05) is 0 Å². The van der Waals surface area contributed by atoms with Gasteiger partial charge in [0.1, 0.15) is 0 Å². The summed E-state index contributed by atoms with van der Waals surface area (Å²) in [6.07, 6.45) is 0. The molecule has 1 saturated heterocycles. The van der Waals surface area contributed by atoms with Crippen LogP contribution in [0.3, 0.4) is 0 Å². The van der Waals surface area contributed by atoms with Crippen LogP contribution >= 0.6 is 0 Å². The molecule has 15 heavy (non-hydrogen) atoms. The van der Waals surface area contributed by atoms with Gasteiger partial charge in [0.25, 0.3) is 0 Å². The van der Waals surface area contributed by atoms with Crippen LogP contribution in [0, 0.1) is 0 Å². The third-order valence-corrected chi connectivity index (χ3v) is 2.76. The summed E-state index contributed by atoms with van der Waals surface area (Å²) in [4.78, 5) is 9.02. The van der Waals surface area contributed by atoms with E-state index in [0.29, 0.717) is 12.0 Å². The number of aliphatic imine (C=N–C) groups is 1. The lowest BCUT2D eigenvalue weighted by molar-refractivity contribution is 0.147. The second kappa shape index (κ2) is 5.35. The molecule has 1 heterocycles. The molecule has 0 aromatic heterocycles. The van der Waals surface area contributed by atoms with Gasteiger partial charge in [-0.3, -0.25) is 9.89 Å². The van der Waals surface area contributed by atoms with Crippen LogP contribution in [0.5, 0.6) is 0 Å². The maximum atomic E-state index is 5.93. The van der Waals surface area contributed by atoms with Crippen molar-refractivity contribution >= 4 is 5.96 Å². The molecule has 0 saturated carbocycles. The fourth-order valence-electron chi connectivity index (χ4n) is 1.81. The van der Waals surface area contributed by atoms with E-state index in [4.69, 9.17) is 5.73 Å². The Hall–Kier alpha value is -0.770. The molecule has 0 spiro atoms. The molecule has 1 aliphatic rings. The van der Waals surface area contributed by atoms with Gasteiger partial charge in [0.2, 0.25) is 0 Å². The Morgan fingerprint density at radius 3 is 2.00 bits per heavy atom. The third kappa shape index (κ3) is 3.70. The minimum Gasteiger partial charge on any atom is -0.370 e. The smallest absolute Gasteiger partial charge is 0.191 e. The summed E-state index contributed by atoms with van der Waals surface area (Å²) in [6.45, 7) is 12.8. The number of hydrogen-bond acceptors (Lipinski definition) is 2. The molecular weight excluding hydrogens is 188 g/mol. The Kier molecular flexibility index (Phi) is 4.39. The molecular formula is C11H24N4. The average molecular weight is 212 g/mol. The van der Waals surface area contributed by atoms with Crippen molar-refractivity contribution in [3.05, 3.63) is 0 Å². The molecule has 2 N–H and O–H groups in total. The van der Waals surface area contributed by atoms with Gasteiger partial charge in [-0.25, -0.2) is 0 Å². The first-order valence-corrected chi connectivity index (χ1v) is 5.83. The van der Waals surface area contributed by atoms with Crippen molar-refractivity contribution in [2.75, 3.05) is 26.2 Å². The Balaban J connectivity index is 2.43. The van der Waals surface area contributed by atoms with Gasteiger partial charge in [0.05, 0.1) is 0 Å². The van der Waals surface area contributed by atoms with Crippen molar-refractivity contribution in [3.8, 4) is 0 Å². The molecule has 0 aromatic rings. The van der Waals surface area contributed by atoms with Crippen molar-refractivity contribution in [1.82, 2.24) is 9.80 Å². The van der Waals surface area contributed by atoms with Crippen LogP contribution < -0.4 is 5.73 Å². The highest BCUT2D eigenvalue weighted by molar-refractivity contribution is 5.78. The van der Waals surface area contributed by atoms with E-state index in [1.807, 2.05) is 0 Å². The second-order valence-electron chi connectivity index (χ2n) is 4.70. The average Bonchev–Trinajstić information content (AvgIpc) is 2.17. The van der Waals surface area contributed by atoms with Crippen LogP contribution in [0.1, 0.15) is 27.7 Å². The molecule has 1 fully saturated rings. The highest BCUT2D eigenvalue weighted by Gasteiger charge is 2.19. The first-order valence-electron chi connectivity index (χ1n) is 5.83. The van der Waals surface area contributed by atoms with E-state index in [1.54, 1.807) is 0 Å². The molecule has 0 aliphatic carbocycles. The zero-order valence-electron chi connectivity index (χ0n) is 10.4. The van der Waals surface area contributed by atoms with Crippen molar-refractivity contribution in [2.24, 2.45) is 10.7 Å². The van der Waals surface area contributed by atoms with Crippen LogP contribution in [0.2, 0.25) is 0 Å². The van der Waals surface area contributed by atoms with E-state index in [2.05, 4.69) is 42.5 Å². The van der Waals surface area contributed by atoms with Gasteiger partial charge in [0, 0.05) is 38.3 Å². The van der Waals surface area contributed by atoms with Gasteiger partial charge in [0.15, 0.2) is 5.96 Å². The van der Waals surface area contributed by atoms with Crippen molar-refractivity contribution < 1.29 is 0 Å².